The fraction of sp³-hybridized carbons (Fsp3) is 0.400. The molecule has 0 fully saturated rings. The summed E-state index contributed by atoms with van der Waals surface area (Å²) in [5, 5.41) is 9.96. The molecular formula is C10H10Cl3NO4S. The normalized spacial score (nSPS) is 13.3. The summed E-state index contributed by atoms with van der Waals surface area (Å²) in [6, 6.07) is 1.94. The van der Waals surface area contributed by atoms with Crippen molar-refractivity contribution < 1.29 is 13.3 Å². The SMILES string of the molecule is CC(CCCl)S(=O)(=O)c1cc(Cl)c(Cl)cc1[N+](=O)[O-]. The zero-order chi connectivity index (χ0) is 14.8. The number of rotatable bonds is 5. The Hall–Kier alpha value is -0.560. The van der Waals surface area contributed by atoms with Gasteiger partial charge in [-0.25, -0.2) is 8.42 Å². The van der Waals surface area contributed by atoms with Gasteiger partial charge in [-0.2, -0.15) is 0 Å². The molecule has 9 heteroatoms. The molecule has 0 heterocycles. The third kappa shape index (κ3) is 3.51. The fourth-order valence-electron chi connectivity index (χ4n) is 1.41. The van der Waals surface area contributed by atoms with Crippen LogP contribution in [0.3, 0.4) is 0 Å². The van der Waals surface area contributed by atoms with Gasteiger partial charge in [0.25, 0.3) is 5.69 Å². The zero-order valence-electron chi connectivity index (χ0n) is 9.77. The van der Waals surface area contributed by atoms with Crippen molar-refractivity contribution >= 4 is 50.3 Å². The lowest BCUT2D eigenvalue weighted by Crippen LogP contribution is -2.19. The van der Waals surface area contributed by atoms with Crippen LogP contribution in [0.4, 0.5) is 5.69 Å². The van der Waals surface area contributed by atoms with Crippen LogP contribution in [-0.2, 0) is 9.84 Å². The Morgan fingerprint density at radius 1 is 1.32 bits per heavy atom. The van der Waals surface area contributed by atoms with Gasteiger partial charge >= 0.3 is 0 Å². The molecule has 1 aromatic carbocycles. The molecule has 0 bridgehead atoms. The zero-order valence-corrected chi connectivity index (χ0v) is 12.9. The predicted molar refractivity (Wildman–Crippen MR) is 75.1 cm³/mol. The summed E-state index contributed by atoms with van der Waals surface area (Å²) in [6.45, 7) is 1.43. The average Bonchev–Trinajstić information content (AvgIpc) is 2.31. The number of benzene rings is 1. The van der Waals surface area contributed by atoms with E-state index in [1.165, 1.54) is 6.92 Å². The van der Waals surface area contributed by atoms with E-state index in [2.05, 4.69) is 0 Å². The van der Waals surface area contributed by atoms with Gasteiger partial charge in [-0.15, -0.1) is 11.6 Å². The molecule has 0 radical (unpaired) electrons. The lowest BCUT2D eigenvalue weighted by molar-refractivity contribution is -0.387. The van der Waals surface area contributed by atoms with E-state index in [9.17, 15) is 18.5 Å². The van der Waals surface area contributed by atoms with Gasteiger partial charge in [0.1, 0.15) is 4.90 Å². The minimum absolute atomic E-state index is 0.0519. The van der Waals surface area contributed by atoms with E-state index >= 15 is 0 Å². The molecule has 0 saturated carbocycles. The Labute approximate surface area is 125 Å². The number of nitrogens with zero attached hydrogens (tertiary/aromatic N) is 1. The first kappa shape index (κ1) is 16.5. The molecule has 0 aliphatic rings. The van der Waals surface area contributed by atoms with Gasteiger partial charge in [-0.05, 0) is 19.4 Å². The van der Waals surface area contributed by atoms with E-state index in [4.69, 9.17) is 34.8 Å². The van der Waals surface area contributed by atoms with Crippen LogP contribution in [0.2, 0.25) is 10.0 Å². The molecular weight excluding hydrogens is 337 g/mol. The largest absolute Gasteiger partial charge is 0.289 e. The topological polar surface area (TPSA) is 77.3 Å². The summed E-state index contributed by atoms with van der Waals surface area (Å²) < 4.78 is 24.5. The molecule has 0 saturated heterocycles. The molecule has 1 unspecified atom stereocenters. The van der Waals surface area contributed by atoms with Gasteiger partial charge in [0, 0.05) is 11.9 Å². The Bertz CT molecular complexity index is 603. The minimum Gasteiger partial charge on any atom is -0.258 e. The van der Waals surface area contributed by atoms with Crippen LogP contribution in [0, 0.1) is 10.1 Å². The van der Waals surface area contributed by atoms with Gasteiger partial charge in [-0.3, -0.25) is 10.1 Å². The van der Waals surface area contributed by atoms with Crippen LogP contribution in [0.5, 0.6) is 0 Å². The molecule has 1 atom stereocenters. The van der Waals surface area contributed by atoms with E-state index in [-0.39, 0.29) is 22.3 Å². The third-order valence-corrected chi connectivity index (χ3v) is 5.73. The summed E-state index contributed by atoms with van der Waals surface area (Å²) in [6.07, 6.45) is 0.182. The van der Waals surface area contributed by atoms with Gasteiger partial charge in [0.15, 0.2) is 9.84 Å². The Morgan fingerprint density at radius 3 is 2.32 bits per heavy atom. The summed E-state index contributed by atoms with van der Waals surface area (Å²) in [7, 11) is -3.89. The average molecular weight is 347 g/mol. The van der Waals surface area contributed by atoms with Crippen LogP contribution in [0.1, 0.15) is 13.3 Å². The monoisotopic (exact) mass is 345 g/mol. The summed E-state index contributed by atoms with van der Waals surface area (Å²) in [4.78, 5) is 9.68. The second kappa shape index (κ2) is 6.26. The summed E-state index contributed by atoms with van der Waals surface area (Å²) in [5.74, 6) is 0.134. The van der Waals surface area contributed by atoms with Crippen molar-refractivity contribution in [1.82, 2.24) is 0 Å². The van der Waals surface area contributed by atoms with Crippen LogP contribution >= 0.6 is 34.8 Å². The van der Waals surface area contributed by atoms with Gasteiger partial charge in [0.2, 0.25) is 0 Å². The van der Waals surface area contributed by atoms with E-state index in [0.717, 1.165) is 12.1 Å². The molecule has 1 rings (SSSR count). The Kier molecular flexibility index (Phi) is 5.43. The highest BCUT2D eigenvalue weighted by molar-refractivity contribution is 7.92. The van der Waals surface area contributed by atoms with Crippen LogP contribution in [-0.4, -0.2) is 24.5 Å². The van der Waals surface area contributed by atoms with Crippen molar-refractivity contribution in [2.24, 2.45) is 0 Å². The van der Waals surface area contributed by atoms with E-state index in [0.29, 0.717) is 0 Å². The molecule has 0 aliphatic heterocycles. The first-order valence-corrected chi connectivity index (χ1v) is 7.98. The third-order valence-electron chi connectivity index (χ3n) is 2.55. The van der Waals surface area contributed by atoms with Crippen LogP contribution < -0.4 is 0 Å². The van der Waals surface area contributed by atoms with Crippen LogP contribution in [0.25, 0.3) is 0 Å². The van der Waals surface area contributed by atoms with Gasteiger partial charge in [-0.1, -0.05) is 23.2 Å². The van der Waals surface area contributed by atoms with Crippen molar-refractivity contribution in [1.29, 1.82) is 0 Å². The number of sulfone groups is 1. The number of halogens is 3. The summed E-state index contributed by atoms with van der Waals surface area (Å²) in [5.41, 5.74) is -0.587. The maximum atomic E-state index is 12.2. The lowest BCUT2D eigenvalue weighted by atomic mass is 10.3. The number of hydrogen-bond acceptors (Lipinski definition) is 4. The molecule has 0 amide bonds. The molecule has 5 nitrogen and oxygen atoms in total. The first-order chi connectivity index (χ1) is 8.71. The lowest BCUT2D eigenvalue weighted by Gasteiger charge is -2.12. The van der Waals surface area contributed by atoms with Crippen molar-refractivity contribution in [3.05, 3.63) is 32.3 Å². The quantitative estimate of drug-likeness (QED) is 0.463. The van der Waals surface area contributed by atoms with Crippen LogP contribution in [0.15, 0.2) is 17.0 Å². The van der Waals surface area contributed by atoms with Crippen molar-refractivity contribution in [3.63, 3.8) is 0 Å². The maximum Gasteiger partial charge on any atom is 0.289 e. The Balaban J connectivity index is 3.49. The molecule has 0 N–H and O–H groups in total. The maximum absolute atomic E-state index is 12.2. The second-order valence-corrected chi connectivity index (χ2v) is 7.35. The van der Waals surface area contributed by atoms with Gasteiger partial charge < -0.3 is 0 Å². The van der Waals surface area contributed by atoms with Crippen molar-refractivity contribution in [2.75, 3.05) is 5.88 Å². The molecule has 0 aromatic heterocycles. The first-order valence-electron chi connectivity index (χ1n) is 5.15. The number of alkyl halides is 1. The molecule has 0 aliphatic carbocycles. The van der Waals surface area contributed by atoms with E-state index in [1.807, 2.05) is 0 Å². The smallest absolute Gasteiger partial charge is 0.258 e. The molecule has 1 aromatic rings. The highest BCUT2D eigenvalue weighted by atomic mass is 35.5. The number of nitro benzene ring substituents is 1. The highest BCUT2D eigenvalue weighted by Crippen LogP contribution is 2.35. The fourth-order valence-corrected chi connectivity index (χ4v) is 3.83. The number of nitro groups is 1. The highest BCUT2D eigenvalue weighted by Gasteiger charge is 2.31. The van der Waals surface area contributed by atoms with E-state index < -0.39 is 30.6 Å². The summed E-state index contributed by atoms with van der Waals surface area (Å²) >= 11 is 16.9. The van der Waals surface area contributed by atoms with Crippen molar-refractivity contribution in [3.8, 4) is 0 Å². The standard InChI is InChI=1S/C10H10Cl3NO4S/c1-6(2-3-11)19(17,18)10-5-8(13)7(12)4-9(10)14(15)16/h4-6H,2-3H2,1H3. The molecule has 19 heavy (non-hydrogen) atoms. The van der Waals surface area contributed by atoms with Gasteiger partial charge in [0.05, 0.1) is 20.2 Å². The second-order valence-electron chi connectivity index (χ2n) is 3.82. The number of hydrogen-bond donors (Lipinski definition) is 0. The molecule has 106 valence electrons. The predicted octanol–water partition coefficient (Wildman–Crippen LogP) is 3.69. The van der Waals surface area contributed by atoms with E-state index in [1.54, 1.807) is 0 Å². The Morgan fingerprint density at radius 2 is 1.84 bits per heavy atom. The minimum atomic E-state index is -3.89. The van der Waals surface area contributed by atoms with Crippen molar-refractivity contribution in [2.45, 2.75) is 23.5 Å². The molecule has 0 spiro atoms.